The minimum atomic E-state index is -3.54. The normalized spacial score (nSPS) is 18.7. The second-order valence-corrected chi connectivity index (χ2v) is 9.53. The van der Waals surface area contributed by atoms with Crippen LogP contribution in [0.5, 0.6) is 0 Å². The molecule has 0 N–H and O–H groups in total. The molecule has 1 unspecified atom stereocenters. The molecule has 0 amide bonds. The van der Waals surface area contributed by atoms with Crippen molar-refractivity contribution in [3.63, 3.8) is 0 Å². The first-order chi connectivity index (χ1) is 13.3. The van der Waals surface area contributed by atoms with Crippen LogP contribution in [-0.4, -0.2) is 58.9 Å². The Morgan fingerprint density at radius 2 is 2.04 bits per heavy atom. The lowest BCUT2D eigenvalue weighted by atomic mass is 9.96. The maximum absolute atomic E-state index is 13.3. The molecule has 0 radical (unpaired) electrons. The number of sulfonamides is 1. The number of piperidine rings is 1. The van der Waals surface area contributed by atoms with Gasteiger partial charge in [0.15, 0.2) is 0 Å². The third-order valence-electron chi connectivity index (χ3n) is 5.65. The number of rotatable bonds is 7. The maximum atomic E-state index is 13.3. The summed E-state index contributed by atoms with van der Waals surface area (Å²) in [5.41, 5.74) is 2.35. The van der Waals surface area contributed by atoms with E-state index in [0.29, 0.717) is 36.0 Å². The van der Waals surface area contributed by atoms with Gasteiger partial charge in [-0.15, -0.1) is 0 Å². The summed E-state index contributed by atoms with van der Waals surface area (Å²) in [5.74, 6) is 1.26. The summed E-state index contributed by atoms with van der Waals surface area (Å²) in [6.07, 6.45) is 4.52. The van der Waals surface area contributed by atoms with Gasteiger partial charge in [-0.2, -0.15) is 9.40 Å². The van der Waals surface area contributed by atoms with Crippen molar-refractivity contribution >= 4 is 10.0 Å². The van der Waals surface area contributed by atoms with Gasteiger partial charge in [0.25, 0.3) is 0 Å². The fourth-order valence-corrected chi connectivity index (χ4v) is 6.04. The van der Waals surface area contributed by atoms with Crippen molar-refractivity contribution in [3.8, 4) is 0 Å². The zero-order chi connectivity index (χ0) is 20.5. The SMILES string of the molecule is COCCn1c(C)cnc1CC1CCCN(S(=O)(=O)c2c(C)nn(C)c2C)C1. The molecule has 3 heterocycles. The fourth-order valence-electron chi connectivity index (χ4n) is 4.09. The van der Waals surface area contributed by atoms with Gasteiger partial charge in [0.05, 0.1) is 18.0 Å². The molecule has 2 aromatic rings. The van der Waals surface area contributed by atoms with E-state index < -0.39 is 10.0 Å². The molecule has 0 aromatic carbocycles. The smallest absolute Gasteiger partial charge is 0.246 e. The van der Waals surface area contributed by atoms with Crippen LogP contribution in [0.3, 0.4) is 0 Å². The summed E-state index contributed by atoms with van der Waals surface area (Å²) < 4.78 is 37.2. The highest BCUT2D eigenvalue weighted by Gasteiger charge is 2.34. The fraction of sp³-hybridized carbons (Fsp3) is 0.684. The summed E-state index contributed by atoms with van der Waals surface area (Å²) >= 11 is 0. The summed E-state index contributed by atoms with van der Waals surface area (Å²) in [6, 6.07) is 0. The van der Waals surface area contributed by atoms with Crippen LogP contribution in [0.25, 0.3) is 0 Å². The topological polar surface area (TPSA) is 82.2 Å². The Morgan fingerprint density at radius 3 is 2.68 bits per heavy atom. The summed E-state index contributed by atoms with van der Waals surface area (Å²) in [5, 5.41) is 4.29. The van der Waals surface area contributed by atoms with E-state index in [-0.39, 0.29) is 5.92 Å². The molecule has 28 heavy (non-hydrogen) atoms. The highest BCUT2D eigenvalue weighted by molar-refractivity contribution is 7.89. The molecule has 0 saturated carbocycles. The van der Waals surface area contributed by atoms with Crippen LogP contribution < -0.4 is 0 Å². The van der Waals surface area contributed by atoms with E-state index in [1.807, 2.05) is 20.0 Å². The lowest BCUT2D eigenvalue weighted by Gasteiger charge is -2.32. The first-order valence-corrected chi connectivity index (χ1v) is 11.2. The van der Waals surface area contributed by atoms with Crippen LogP contribution in [0.4, 0.5) is 0 Å². The predicted molar refractivity (Wildman–Crippen MR) is 107 cm³/mol. The van der Waals surface area contributed by atoms with Crippen molar-refractivity contribution in [1.29, 1.82) is 0 Å². The van der Waals surface area contributed by atoms with E-state index in [9.17, 15) is 8.42 Å². The molecule has 156 valence electrons. The zero-order valence-electron chi connectivity index (χ0n) is 17.5. The third-order valence-corrected chi connectivity index (χ3v) is 7.77. The predicted octanol–water partition coefficient (Wildman–Crippen LogP) is 1.83. The molecule has 9 heteroatoms. The van der Waals surface area contributed by atoms with Crippen molar-refractivity contribution < 1.29 is 13.2 Å². The number of ether oxygens (including phenoxy) is 1. The molecule has 1 saturated heterocycles. The van der Waals surface area contributed by atoms with Crippen LogP contribution in [0, 0.1) is 26.7 Å². The Bertz CT molecular complexity index is 932. The number of aryl methyl sites for hydroxylation is 3. The van der Waals surface area contributed by atoms with E-state index in [1.165, 1.54) is 0 Å². The number of methoxy groups -OCH3 is 1. The number of nitrogens with zero attached hydrogens (tertiary/aromatic N) is 5. The van der Waals surface area contributed by atoms with Gasteiger partial charge >= 0.3 is 0 Å². The summed E-state index contributed by atoms with van der Waals surface area (Å²) in [7, 11) is -0.0711. The highest BCUT2D eigenvalue weighted by Crippen LogP contribution is 2.29. The molecule has 8 nitrogen and oxygen atoms in total. The van der Waals surface area contributed by atoms with Gasteiger partial charge in [-0.3, -0.25) is 4.68 Å². The lowest BCUT2D eigenvalue weighted by molar-refractivity contribution is 0.184. The molecular formula is C19H31N5O3S. The lowest BCUT2D eigenvalue weighted by Crippen LogP contribution is -2.41. The van der Waals surface area contributed by atoms with Crippen molar-refractivity contribution in [3.05, 3.63) is 29.1 Å². The van der Waals surface area contributed by atoms with E-state index in [4.69, 9.17) is 4.74 Å². The molecule has 3 rings (SSSR count). The third kappa shape index (κ3) is 4.01. The largest absolute Gasteiger partial charge is 0.383 e. The van der Waals surface area contributed by atoms with Gasteiger partial charge in [0, 0.05) is 52.1 Å². The molecule has 1 atom stereocenters. The van der Waals surface area contributed by atoms with Gasteiger partial charge in [0.1, 0.15) is 10.7 Å². The van der Waals surface area contributed by atoms with Gasteiger partial charge in [0.2, 0.25) is 10.0 Å². The molecule has 1 aliphatic rings. The van der Waals surface area contributed by atoms with E-state index in [0.717, 1.165) is 37.3 Å². The van der Waals surface area contributed by atoms with Gasteiger partial charge < -0.3 is 9.30 Å². The first kappa shape index (κ1) is 21.0. The Labute approximate surface area is 167 Å². The second-order valence-electron chi connectivity index (χ2n) is 7.66. The monoisotopic (exact) mass is 409 g/mol. The Hall–Kier alpha value is -1.71. The first-order valence-electron chi connectivity index (χ1n) is 9.76. The van der Waals surface area contributed by atoms with Crippen LogP contribution in [-0.2, 0) is 34.8 Å². The van der Waals surface area contributed by atoms with E-state index >= 15 is 0 Å². The van der Waals surface area contributed by atoms with E-state index in [2.05, 4.69) is 14.6 Å². The van der Waals surface area contributed by atoms with E-state index in [1.54, 1.807) is 30.1 Å². The minimum Gasteiger partial charge on any atom is -0.383 e. The van der Waals surface area contributed by atoms with Crippen LogP contribution in [0.2, 0.25) is 0 Å². The average molecular weight is 410 g/mol. The highest BCUT2D eigenvalue weighted by atomic mass is 32.2. The van der Waals surface area contributed by atoms with Crippen molar-refractivity contribution in [2.75, 3.05) is 26.8 Å². The Balaban J connectivity index is 1.78. The van der Waals surface area contributed by atoms with Crippen LogP contribution >= 0.6 is 0 Å². The molecule has 0 aliphatic carbocycles. The summed E-state index contributed by atoms with van der Waals surface area (Å²) in [4.78, 5) is 4.92. The zero-order valence-corrected chi connectivity index (χ0v) is 18.3. The van der Waals surface area contributed by atoms with Crippen LogP contribution in [0.15, 0.2) is 11.1 Å². The van der Waals surface area contributed by atoms with Crippen molar-refractivity contribution in [2.24, 2.45) is 13.0 Å². The van der Waals surface area contributed by atoms with Gasteiger partial charge in [-0.25, -0.2) is 13.4 Å². The standard InChI is InChI=1S/C19H31N5O3S/c1-14-12-20-18(24(14)9-10-27-5)11-17-7-6-8-23(13-17)28(25,26)19-15(2)21-22(4)16(19)3/h12,17H,6-11,13H2,1-5H3. The van der Waals surface area contributed by atoms with Crippen LogP contribution in [0.1, 0.15) is 35.7 Å². The molecule has 0 bridgehead atoms. The number of imidazole rings is 1. The second kappa shape index (κ2) is 8.34. The summed E-state index contributed by atoms with van der Waals surface area (Å²) in [6.45, 7) is 8.09. The molecular weight excluding hydrogens is 378 g/mol. The van der Waals surface area contributed by atoms with Crippen molar-refractivity contribution in [2.45, 2.75) is 51.5 Å². The average Bonchev–Trinajstić information content (AvgIpc) is 3.12. The number of hydrogen-bond donors (Lipinski definition) is 0. The molecule has 2 aromatic heterocycles. The number of aromatic nitrogens is 4. The Kier molecular flexibility index (Phi) is 6.26. The van der Waals surface area contributed by atoms with Gasteiger partial charge in [-0.05, 0) is 39.5 Å². The molecule has 0 spiro atoms. The van der Waals surface area contributed by atoms with Gasteiger partial charge in [-0.1, -0.05) is 0 Å². The molecule has 1 aliphatic heterocycles. The number of hydrogen-bond acceptors (Lipinski definition) is 5. The maximum Gasteiger partial charge on any atom is 0.246 e. The minimum absolute atomic E-state index is 0.254. The quantitative estimate of drug-likeness (QED) is 0.697. The Morgan fingerprint density at radius 1 is 1.29 bits per heavy atom. The molecule has 1 fully saturated rings. The van der Waals surface area contributed by atoms with Crippen molar-refractivity contribution in [1.82, 2.24) is 23.6 Å².